The fourth-order valence-corrected chi connectivity index (χ4v) is 7.86. The normalized spacial score (nSPS) is 27.6. The minimum absolute atomic E-state index is 0. The number of thiazole rings is 1. The van der Waals surface area contributed by atoms with Gasteiger partial charge in [0.05, 0.1) is 16.4 Å². The Hall–Kier alpha value is -2.06. The number of aromatic nitrogens is 3. The van der Waals surface area contributed by atoms with Crippen LogP contribution in [-0.4, -0.2) is 27.0 Å². The third-order valence-electron chi connectivity index (χ3n) is 7.73. The van der Waals surface area contributed by atoms with Gasteiger partial charge in [0.2, 0.25) is 5.91 Å². The molecule has 0 saturated heterocycles. The summed E-state index contributed by atoms with van der Waals surface area (Å²) >= 11 is 1.21. The van der Waals surface area contributed by atoms with Gasteiger partial charge in [0, 0.05) is 31.5 Å². The molecule has 0 atom stereocenters. The number of halogens is 3. The average Bonchev–Trinajstić information content (AvgIpc) is 3.39. The van der Waals surface area contributed by atoms with Crippen LogP contribution in [0, 0.1) is 34.8 Å². The summed E-state index contributed by atoms with van der Waals surface area (Å²) in [6.07, 6.45) is 12.8. The Morgan fingerprint density at radius 1 is 1.15 bits per heavy atom. The summed E-state index contributed by atoms with van der Waals surface area (Å²) < 4.78 is 30.6. The van der Waals surface area contributed by atoms with E-state index in [1.54, 1.807) is 17.4 Å². The molecular weight excluding hydrogens is 466 g/mol. The Bertz CT molecular complexity index is 1130. The molecule has 176 valence electrons. The van der Waals surface area contributed by atoms with Gasteiger partial charge < -0.3 is 4.57 Å². The van der Waals surface area contributed by atoms with Crippen LogP contribution in [0.25, 0.3) is 10.2 Å². The number of carbonyl (C=O) groups is 1. The number of fused-ring (bicyclic) bond motifs is 1. The van der Waals surface area contributed by atoms with Gasteiger partial charge in [-0.2, -0.15) is 0 Å². The van der Waals surface area contributed by atoms with Crippen molar-refractivity contribution in [1.29, 1.82) is 0 Å². The van der Waals surface area contributed by atoms with E-state index in [2.05, 4.69) is 9.97 Å². The topological polar surface area (TPSA) is 51.0 Å². The lowest BCUT2D eigenvalue weighted by Crippen LogP contribution is -2.55. The number of anilines is 1. The summed E-state index contributed by atoms with van der Waals surface area (Å²) in [6.45, 7) is 1.24. The van der Waals surface area contributed by atoms with Crippen LogP contribution in [0.3, 0.4) is 0 Å². The number of aryl methyl sites for hydroxylation is 1. The first-order valence-corrected chi connectivity index (χ1v) is 12.3. The quantitative estimate of drug-likeness (QED) is 0.435. The number of benzene rings is 1. The van der Waals surface area contributed by atoms with Gasteiger partial charge in [0.15, 0.2) is 10.9 Å². The van der Waals surface area contributed by atoms with E-state index in [4.69, 9.17) is 0 Å². The van der Waals surface area contributed by atoms with Gasteiger partial charge in [-0.1, -0.05) is 11.3 Å². The van der Waals surface area contributed by atoms with Gasteiger partial charge in [-0.25, -0.2) is 18.7 Å². The standard InChI is InChI=1S/C24H26F2N4OS.ClH/c25-18-9-19(26)21-20(10-18)32-23(28-21)30(4-1-3-29-5-2-27-14-29)22(31)24-11-15-6-16(12-24)8-17(7-15)13-24;/h2,5,9-10,14-17H,1,3-4,6-8,11-13H2;1H. The summed E-state index contributed by atoms with van der Waals surface area (Å²) in [5.74, 6) is 0.800. The third-order valence-corrected chi connectivity index (χ3v) is 8.75. The van der Waals surface area contributed by atoms with Crippen molar-refractivity contribution in [3.8, 4) is 0 Å². The maximum atomic E-state index is 14.4. The summed E-state index contributed by atoms with van der Waals surface area (Å²) in [7, 11) is 0. The SMILES string of the molecule is Cl.O=C(N(CCCn1ccnc1)c1nc2c(F)cc(F)cc2s1)C12CC3CC(CC(C3)C1)C2. The molecule has 9 heteroatoms. The van der Waals surface area contributed by atoms with Gasteiger partial charge in [-0.3, -0.25) is 9.69 Å². The smallest absolute Gasteiger partial charge is 0.235 e. The highest BCUT2D eigenvalue weighted by atomic mass is 35.5. The highest BCUT2D eigenvalue weighted by Gasteiger charge is 2.56. The third kappa shape index (κ3) is 4.05. The highest BCUT2D eigenvalue weighted by Crippen LogP contribution is 2.60. The molecule has 4 aliphatic carbocycles. The zero-order chi connectivity index (χ0) is 21.9. The van der Waals surface area contributed by atoms with Gasteiger partial charge >= 0.3 is 0 Å². The maximum Gasteiger partial charge on any atom is 0.235 e. The van der Waals surface area contributed by atoms with Gasteiger partial charge in [0.1, 0.15) is 11.3 Å². The second-order valence-electron chi connectivity index (χ2n) is 10.0. The number of hydrogen-bond acceptors (Lipinski definition) is 4. The largest absolute Gasteiger partial charge is 0.337 e. The molecule has 5 nitrogen and oxygen atoms in total. The van der Waals surface area contributed by atoms with Crippen molar-refractivity contribution in [1.82, 2.24) is 14.5 Å². The van der Waals surface area contributed by atoms with Crippen LogP contribution < -0.4 is 4.90 Å². The second kappa shape index (κ2) is 8.62. The lowest BCUT2D eigenvalue weighted by Gasteiger charge is -2.56. The molecule has 2 heterocycles. The molecule has 0 N–H and O–H groups in total. The number of amides is 1. The molecule has 1 amide bonds. The minimum atomic E-state index is -0.678. The molecule has 4 bridgehead atoms. The second-order valence-corrected chi connectivity index (χ2v) is 11.0. The first kappa shape index (κ1) is 22.7. The molecule has 33 heavy (non-hydrogen) atoms. The molecule has 4 fully saturated rings. The average molecular weight is 493 g/mol. The Morgan fingerprint density at radius 3 is 2.48 bits per heavy atom. The van der Waals surface area contributed by atoms with E-state index in [-0.39, 0.29) is 29.2 Å². The number of imidazole rings is 1. The number of rotatable bonds is 6. The predicted octanol–water partition coefficient (Wildman–Crippen LogP) is 5.83. The van der Waals surface area contributed by atoms with E-state index >= 15 is 0 Å². The Morgan fingerprint density at radius 2 is 1.85 bits per heavy atom. The summed E-state index contributed by atoms with van der Waals surface area (Å²) in [5, 5.41) is 0.482. The van der Waals surface area contributed by atoms with E-state index in [9.17, 15) is 13.6 Å². The van der Waals surface area contributed by atoms with Crippen molar-refractivity contribution in [2.24, 2.45) is 23.2 Å². The molecule has 1 aromatic carbocycles. The first-order chi connectivity index (χ1) is 15.5. The fraction of sp³-hybridized carbons (Fsp3) is 0.542. The van der Waals surface area contributed by atoms with Gasteiger partial charge in [-0.05, 0) is 68.8 Å². The van der Waals surface area contributed by atoms with Crippen LogP contribution in [-0.2, 0) is 11.3 Å². The Labute approximate surface area is 201 Å². The van der Waals surface area contributed by atoms with Crippen LogP contribution in [0.1, 0.15) is 44.9 Å². The monoisotopic (exact) mass is 492 g/mol. The van der Waals surface area contributed by atoms with E-state index in [1.165, 1.54) is 36.7 Å². The number of nitrogens with zero attached hydrogens (tertiary/aromatic N) is 4. The van der Waals surface area contributed by atoms with Crippen LogP contribution in [0.5, 0.6) is 0 Å². The van der Waals surface area contributed by atoms with Crippen molar-refractivity contribution < 1.29 is 13.6 Å². The molecule has 7 rings (SSSR count). The maximum absolute atomic E-state index is 14.4. The molecular formula is C24H27ClF2N4OS. The summed E-state index contributed by atoms with van der Waals surface area (Å²) in [6, 6.07) is 2.16. The van der Waals surface area contributed by atoms with Crippen molar-refractivity contribution in [2.45, 2.75) is 51.5 Å². The van der Waals surface area contributed by atoms with Crippen LogP contribution in [0.4, 0.5) is 13.9 Å². The molecule has 0 radical (unpaired) electrons. The Balaban J connectivity index is 0.00000228. The molecule has 4 saturated carbocycles. The van der Waals surface area contributed by atoms with Crippen LogP contribution in [0.15, 0.2) is 30.9 Å². The molecule has 4 aliphatic rings. The zero-order valence-corrected chi connectivity index (χ0v) is 19.9. The first-order valence-electron chi connectivity index (χ1n) is 11.5. The van der Waals surface area contributed by atoms with Crippen LogP contribution in [0.2, 0.25) is 0 Å². The van der Waals surface area contributed by atoms with Crippen molar-refractivity contribution >= 4 is 45.0 Å². The molecule has 0 spiro atoms. The van der Waals surface area contributed by atoms with E-state index < -0.39 is 11.6 Å². The Kier molecular flexibility index (Phi) is 5.93. The van der Waals surface area contributed by atoms with E-state index in [0.29, 0.717) is 34.1 Å². The predicted molar refractivity (Wildman–Crippen MR) is 127 cm³/mol. The molecule has 0 aliphatic heterocycles. The zero-order valence-electron chi connectivity index (χ0n) is 18.3. The van der Waals surface area contributed by atoms with E-state index in [1.807, 2.05) is 10.8 Å². The highest BCUT2D eigenvalue weighted by molar-refractivity contribution is 7.22. The lowest BCUT2D eigenvalue weighted by molar-refractivity contribution is -0.143. The fourth-order valence-electron chi connectivity index (χ4n) is 6.83. The number of hydrogen-bond donors (Lipinski definition) is 0. The minimum Gasteiger partial charge on any atom is -0.337 e. The van der Waals surface area contributed by atoms with E-state index in [0.717, 1.165) is 38.3 Å². The van der Waals surface area contributed by atoms with Crippen molar-refractivity contribution in [3.63, 3.8) is 0 Å². The number of carbonyl (C=O) groups excluding carboxylic acids is 1. The summed E-state index contributed by atoms with van der Waals surface area (Å²) in [5.41, 5.74) is -0.171. The van der Waals surface area contributed by atoms with Crippen LogP contribution >= 0.6 is 23.7 Å². The van der Waals surface area contributed by atoms with Gasteiger partial charge in [-0.15, -0.1) is 12.4 Å². The molecule has 0 unspecified atom stereocenters. The van der Waals surface area contributed by atoms with Crippen molar-refractivity contribution in [3.05, 3.63) is 42.5 Å². The summed E-state index contributed by atoms with van der Waals surface area (Å²) in [4.78, 5) is 24.5. The molecule has 3 aromatic rings. The van der Waals surface area contributed by atoms with Crippen molar-refractivity contribution in [2.75, 3.05) is 11.4 Å². The van der Waals surface area contributed by atoms with Gasteiger partial charge in [0.25, 0.3) is 0 Å². The molecule has 2 aromatic heterocycles. The lowest BCUT2D eigenvalue weighted by atomic mass is 9.49.